The van der Waals surface area contributed by atoms with Crippen molar-refractivity contribution in [2.24, 2.45) is 0 Å². The third-order valence-electron chi connectivity index (χ3n) is 11.3. The fourth-order valence-corrected chi connectivity index (χ4v) is 8.51. The number of ether oxygens (including phenoxy) is 1. The molecule has 0 spiro atoms. The lowest BCUT2D eigenvalue weighted by atomic mass is 10.0. The van der Waals surface area contributed by atoms with Crippen molar-refractivity contribution in [3.63, 3.8) is 0 Å². The van der Waals surface area contributed by atoms with E-state index in [2.05, 4.69) is 217 Å². The first-order chi connectivity index (χ1) is 28.2. The van der Waals surface area contributed by atoms with E-state index in [1.807, 2.05) is 0 Å². The van der Waals surface area contributed by atoms with E-state index < -0.39 is 0 Å². The quantitative estimate of drug-likeness (QED) is 0.139. The minimum atomic E-state index is 0.482. The van der Waals surface area contributed by atoms with Crippen molar-refractivity contribution in [2.75, 3.05) is 9.80 Å². The van der Waals surface area contributed by atoms with Crippen LogP contribution in [0.3, 0.4) is 0 Å². The maximum absolute atomic E-state index is 6.94. The van der Waals surface area contributed by atoms with Crippen LogP contribution >= 0.6 is 0 Å². The van der Waals surface area contributed by atoms with Crippen molar-refractivity contribution >= 4 is 55.7 Å². The summed E-state index contributed by atoms with van der Waals surface area (Å²) in [7, 11) is 0. The van der Waals surface area contributed by atoms with Gasteiger partial charge in [0.05, 0.1) is 17.1 Å². The van der Waals surface area contributed by atoms with Crippen molar-refractivity contribution in [2.45, 2.75) is 26.4 Å². The molecule has 0 radical (unpaired) electrons. The van der Waals surface area contributed by atoms with Crippen LogP contribution in [0.4, 0.5) is 34.1 Å². The maximum atomic E-state index is 6.94. The van der Waals surface area contributed by atoms with E-state index >= 15 is 0 Å². The Labute approximate surface area is 334 Å². The third kappa shape index (κ3) is 6.47. The minimum absolute atomic E-state index is 0.482. The summed E-state index contributed by atoms with van der Waals surface area (Å²) in [6, 6.07) is 72.3. The summed E-state index contributed by atoms with van der Waals surface area (Å²) >= 11 is 0. The van der Waals surface area contributed by atoms with Crippen LogP contribution in [0.1, 0.15) is 29.2 Å². The first kappa shape index (κ1) is 34.4. The van der Waals surface area contributed by atoms with Crippen LogP contribution in [0.2, 0.25) is 0 Å². The Balaban J connectivity index is 1.12. The molecule has 0 fully saturated rings. The van der Waals surface area contributed by atoms with Gasteiger partial charge in [-0.05, 0) is 106 Å². The average molecular weight is 735 g/mol. The number of rotatable bonds is 10. The predicted molar refractivity (Wildman–Crippen MR) is 239 cm³/mol. The Bertz CT molecular complexity index is 2850. The van der Waals surface area contributed by atoms with Gasteiger partial charge in [-0.1, -0.05) is 146 Å². The highest BCUT2D eigenvalue weighted by atomic mass is 16.5. The van der Waals surface area contributed by atoms with Gasteiger partial charge in [-0.2, -0.15) is 0 Å². The van der Waals surface area contributed by atoms with Crippen molar-refractivity contribution in [3.8, 4) is 16.9 Å². The number of benzene rings is 9. The van der Waals surface area contributed by atoms with Gasteiger partial charge in [0, 0.05) is 39.5 Å². The van der Waals surface area contributed by atoms with Crippen molar-refractivity contribution < 1.29 is 4.74 Å². The molecule has 3 heteroatoms. The zero-order chi connectivity index (χ0) is 38.1. The second kappa shape index (κ2) is 14.9. The number of hydrogen-bond acceptors (Lipinski definition) is 3. The summed E-state index contributed by atoms with van der Waals surface area (Å²) in [5, 5.41) is 4.84. The molecule has 0 saturated heterocycles. The van der Waals surface area contributed by atoms with E-state index in [-0.39, 0.29) is 0 Å². The number of fused-ring (bicyclic) bond motifs is 5. The normalized spacial score (nSPS) is 11.7. The molecule has 0 aliphatic heterocycles. The predicted octanol–water partition coefficient (Wildman–Crippen LogP) is 14.6. The lowest BCUT2D eigenvalue weighted by molar-refractivity contribution is 0.307. The first-order valence-electron chi connectivity index (χ1n) is 19.9. The molecule has 0 saturated carbocycles. The summed E-state index contributed by atoms with van der Waals surface area (Å²) in [5.74, 6) is 0.892. The second-order valence-electron chi connectivity index (χ2n) is 14.8. The van der Waals surface area contributed by atoms with Crippen LogP contribution in [-0.4, -0.2) is 0 Å². The molecule has 10 rings (SSSR count). The molecular weight excluding hydrogens is 693 g/mol. The SMILES string of the molecule is CCc1ccc(COc2cc(N(c3ccccc3)c3cccc4ccccc34)cc3c2-c2ccc(N(c4ccccc4)c4cccc5ccccc45)cc2C3)cc1. The Morgan fingerprint density at radius 3 is 1.58 bits per heavy atom. The number of hydrogen-bond donors (Lipinski definition) is 0. The topological polar surface area (TPSA) is 15.7 Å². The van der Waals surface area contributed by atoms with Gasteiger partial charge in [-0.15, -0.1) is 0 Å². The fraction of sp³-hybridized carbons (Fsp3) is 0.0741. The van der Waals surface area contributed by atoms with Gasteiger partial charge in [0.25, 0.3) is 0 Å². The number of anilines is 6. The minimum Gasteiger partial charge on any atom is -0.488 e. The maximum Gasteiger partial charge on any atom is 0.130 e. The Hall–Kier alpha value is -7.10. The molecule has 1 aliphatic carbocycles. The van der Waals surface area contributed by atoms with Gasteiger partial charge < -0.3 is 14.5 Å². The lowest BCUT2D eigenvalue weighted by Crippen LogP contribution is -2.11. The monoisotopic (exact) mass is 734 g/mol. The van der Waals surface area contributed by atoms with E-state index in [4.69, 9.17) is 4.74 Å². The highest BCUT2D eigenvalue weighted by molar-refractivity contribution is 6.01. The zero-order valence-corrected chi connectivity index (χ0v) is 32.0. The van der Waals surface area contributed by atoms with Gasteiger partial charge in [0.2, 0.25) is 0 Å². The van der Waals surface area contributed by atoms with Gasteiger partial charge in [0.15, 0.2) is 0 Å². The Kier molecular flexibility index (Phi) is 8.97. The summed E-state index contributed by atoms with van der Waals surface area (Å²) < 4.78 is 6.94. The Morgan fingerprint density at radius 1 is 0.439 bits per heavy atom. The van der Waals surface area contributed by atoms with Crippen LogP contribution in [0.25, 0.3) is 32.7 Å². The molecular formula is C54H42N2O. The highest BCUT2D eigenvalue weighted by Gasteiger charge is 2.28. The summed E-state index contributed by atoms with van der Waals surface area (Å²) in [5.41, 5.74) is 14.1. The summed E-state index contributed by atoms with van der Waals surface area (Å²) in [4.78, 5) is 4.78. The van der Waals surface area contributed by atoms with Crippen molar-refractivity contribution in [1.82, 2.24) is 0 Å². The van der Waals surface area contributed by atoms with Crippen LogP contribution in [0.15, 0.2) is 200 Å². The third-order valence-corrected chi connectivity index (χ3v) is 11.3. The number of aryl methyl sites for hydroxylation is 1. The molecule has 0 aromatic heterocycles. The smallest absolute Gasteiger partial charge is 0.130 e. The fourth-order valence-electron chi connectivity index (χ4n) is 8.51. The zero-order valence-electron chi connectivity index (χ0n) is 32.0. The van der Waals surface area contributed by atoms with Gasteiger partial charge in [-0.3, -0.25) is 0 Å². The average Bonchev–Trinajstić information content (AvgIpc) is 3.65. The molecule has 9 aromatic rings. The molecule has 57 heavy (non-hydrogen) atoms. The molecule has 274 valence electrons. The highest BCUT2D eigenvalue weighted by Crippen LogP contribution is 2.50. The molecule has 0 atom stereocenters. The molecule has 3 nitrogen and oxygen atoms in total. The molecule has 0 amide bonds. The number of nitrogens with zero attached hydrogens (tertiary/aromatic N) is 2. The van der Waals surface area contributed by atoms with E-state index in [0.29, 0.717) is 6.61 Å². The van der Waals surface area contributed by atoms with Gasteiger partial charge >= 0.3 is 0 Å². The van der Waals surface area contributed by atoms with E-state index in [1.54, 1.807) is 0 Å². The molecule has 0 bridgehead atoms. The largest absolute Gasteiger partial charge is 0.488 e. The van der Waals surface area contributed by atoms with Gasteiger partial charge in [0.1, 0.15) is 12.4 Å². The van der Waals surface area contributed by atoms with E-state index in [0.717, 1.165) is 58.3 Å². The second-order valence-corrected chi connectivity index (χ2v) is 14.8. The molecule has 0 unspecified atom stereocenters. The standard InChI is InChI=1S/C54H42N2O/c1-2-38-27-29-39(30-28-38)37-57-53-36-47(56(45-21-7-4-8-22-45)52-26-14-18-41-16-10-12-24-49(41)52)35-43-33-42-34-46(31-32-50(42)54(43)53)55(44-19-5-3-6-20-44)51-25-13-17-40-15-9-11-23-48(40)51/h3-32,34-36H,2,33,37H2,1H3. The molecule has 0 heterocycles. The van der Waals surface area contributed by atoms with Gasteiger partial charge in [-0.25, -0.2) is 0 Å². The van der Waals surface area contributed by atoms with Crippen molar-refractivity contribution in [3.05, 3.63) is 222 Å². The van der Waals surface area contributed by atoms with Crippen LogP contribution in [0, 0.1) is 0 Å². The number of para-hydroxylation sites is 2. The van der Waals surface area contributed by atoms with Crippen LogP contribution in [0.5, 0.6) is 5.75 Å². The molecule has 0 N–H and O–H groups in total. The summed E-state index contributed by atoms with van der Waals surface area (Å²) in [6.07, 6.45) is 1.81. The van der Waals surface area contributed by atoms with E-state index in [9.17, 15) is 0 Å². The van der Waals surface area contributed by atoms with Crippen molar-refractivity contribution in [1.29, 1.82) is 0 Å². The Morgan fingerprint density at radius 2 is 0.965 bits per heavy atom. The molecule has 9 aromatic carbocycles. The first-order valence-corrected chi connectivity index (χ1v) is 19.9. The lowest BCUT2D eigenvalue weighted by Gasteiger charge is -2.28. The van der Waals surface area contributed by atoms with Crippen LogP contribution in [-0.2, 0) is 19.4 Å². The van der Waals surface area contributed by atoms with E-state index in [1.165, 1.54) is 49.4 Å². The van der Waals surface area contributed by atoms with Crippen LogP contribution < -0.4 is 14.5 Å². The molecule has 1 aliphatic rings. The summed E-state index contributed by atoms with van der Waals surface area (Å²) in [6.45, 7) is 2.68.